The zero-order valence-electron chi connectivity index (χ0n) is 11.0. The lowest BCUT2D eigenvalue weighted by Gasteiger charge is -2.24. The van der Waals surface area contributed by atoms with E-state index in [9.17, 15) is 0 Å². The summed E-state index contributed by atoms with van der Waals surface area (Å²) in [6, 6.07) is 2.28. The number of hydrogen-bond acceptors (Lipinski definition) is 1. The van der Waals surface area contributed by atoms with Gasteiger partial charge >= 0.3 is 0 Å². The molecule has 1 saturated carbocycles. The summed E-state index contributed by atoms with van der Waals surface area (Å²) in [4.78, 5) is 2.82. The Bertz CT molecular complexity index is 348. The standard InChI is InChI=1S/C15H23ClS/c1-11-10-12(2)17-15(11)14(16)13-8-6-4-3-5-7-9-13/h10,13-14H,3-9H2,1-2H3. The maximum atomic E-state index is 6.74. The quantitative estimate of drug-likeness (QED) is 0.578. The Kier molecular flexibility index (Phi) is 4.93. The molecule has 1 aromatic heterocycles. The largest absolute Gasteiger partial charge is 0.144 e. The van der Waals surface area contributed by atoms with Crippen molar-refractivity contribution >= 4 is 22.9 Å². The highest BCUT2D eigenvalue weighted by Crippen LogP contribution is 2.41. The lowest BCUT2D eigenvalue weighted by Crippen LogP contribution is -2.10. The van der Waals surface area contributed by atoms with Crippen molar-refractivity contribution in [2.75, 3.05) is 0 Å². The molecule has 1 aliphatic carbocycles. The Balaban J connectivity index is 2.06. The number of aryl methyl sites for hydroxylation is 2. The van der Waals surface area contributed by atoms with Crippen LogP contribution in [0.2, 0.25) is 0 Å². The zero-order valence-corrected chi connectivity index (χ0v) is 12.5. The average molecular weight is 271 g/mol. The SMILES string of the molecule is Cc1cc(C)c(C(Cl)C2CCCCCCC2)s1. The molecule has 0 spiro atoms. The minimum absolute atomic E-state index is 0.256. The van der Waals surface area contributed by atoms with E-state index in [0.717, 1.165) is 0 Å². The van der Waals surface area contributed by atoms with Gasteiger partial charge in [0, 0.05) is 9.75 Å². The first-order valence-corrected chi connectivity index (χ1v) is 8.15. The molecule has 0 N–H and O–H groups in total. The van der Waals surface area contributed by atoms with Crippen LogP contribution in [0.5, 0.6) is 0 Å². The van der Waals surface area contributed by atoms with E-state index in [1.54, 1.807) is 0 Å². The molecule has 0 nitrogen and oxygen atoms in total. The highest BCUT2D eigenvalue weighted by molar-refractivity contribution is 7.12. The average Bonchev–Trinajstić information content (AvgIpc) is 2.56. The fraction of sp³-hybridized carbons (Fsp3) is 0.733. The molecule has 2 rings (SSSR count). The normalized spacial score (nSPS) is 20.9. The lowest BCUT2D eigenvalue weighted by molar-refractivity contribution is 0.370. The molecule has 0 aromatic carbocycles. The minimum Gasteiger partial charge on any atom is -0.144 e. The first-order chi connectivity index (χ1) is 8.18. The van der Waals surface area contributed by atoms with Crippen molar-refractivity contribution < 1.29 is 0 Å². The summed E-state index contributed by atoms with van der Waals surface area (Å²) < 4.78 is 0. The van der Waals surface area contributed by atoms with Crippen LogP contribution in [0.4, 0.5) is 0 Å². The first-order valence-electron chi connectivity index (χ1n) is 6.89. The molecular weight excluding hydrogens is 248 g/mol. The topological polar surface area (TPSA) is 0 Å². The van der Waals surface area contributed by atoms with Crippen molar-refractivity contribution in [3.63, 3.8) is 0 Å². The van der Waals surface area contributed by atoms with Gasteiger partial charge in [0.25, 0.3) is 0 Å². The van der Waals surface area contributed by atoms with Gasteiger partial charge in [-0.2, -0.15) is 0 Å². The van der Waals surface area contributed by atoms with Gasteiger partial charge < -0.3 is 0 Å². The molecule has 1 heterocycles. The van der Waals surface area contributed by atoms with Gasteiger partial charge in [-0.25, -0.2) is 0 Å². The number of hydrogen-bond donors (Lipinski definition) is 0. The van der Waals surface area contributed by atoms with E-state index in [1.165, 1.54) is 60.3 Å². The van der Waals surface area contributed by atoms with E-state index in [2.05, 4.69) is 19.9 Å². The molecule has 1 aromatic rings. The van der Waals surface area contributed by atoms with Crippen molar-refractivity contribution in [1.82, 2.24) is 0 Å². The molecule has 1 aliphatic rings. The number of rotatable bonds is 2. The Labute approximate surface area is 114 Å². The van der Waals surface area contributed by atoms with Gasteiger partial charge in [-0.1, -0.05) is 32.1 Å². The molecule has 1 fully saturated rings. The van der Waals surface area contributed by atoms with E-state index in [1.807, 2.05) is 11.3 Å². The van der Waals surface area contributed by atoms with Crippen LogP contribution in [0.15, 0.2) is 6.07 Å². The molecule has 17 heavy (non-hydrogen) atoms. The van der Waals surface area contributed by atoms with Crippen LogP contribution in [-0.2, 0) is 0 Å². The second-order valence-electron chi connectivity index (χ2n) is 5.41. The summed E-state index contributed by atoms with van der Waals surface area (Å²) in [6.07, 6.45) is 9.63. The van der Waals surface area contributed by atoms with E-state index >= 15 is 0 Å². The highest BCUT2D eigenvalue weighted by Gasteiger charge is 2.24. The molecular formula is C15H23ClS. The predicted octanol–water partition coefficient (Wildman–Crippen LogP) is 6.01. The third-order valence-electron chi connectivity index (χ3n) is 3.89. The number of alkyl halides is 1. The van der Waals surface area contributed by atoms with E-state index < -0.39 is 0 Å². The molecule has 0 saturated heterocycles. The third-order valence-corrected chi connectivity index (χ3v) is 5.83. The van der Waals surface area contributed by atoms with Crippen LogP contribution < -0.4 is 0 Å². The Morgan fingerprint density at radius 1 is 1.12 bits per heavy atom. The van der Waals surface area contributed by atoms with Crippen molar-refractivity contribution in [3.05, 3.63) is 21.4 Å². The molecule has 1 atom stereocenters. The zero-order chi connectivity index (χ0) is 12.3. The van der Waals surface area contributed by atoms with E-state index in [-0.39, 0.29) is 5.38 Å². The maximum Gasteiger partial charge on any atom is 0.0709 e. The summed E-state index contributed by atoms with van der Waals surface area (Å²) in [6.45, 7) is 4.39. The molecule has 0 amide bonds. The minimum atomic E-state index is 0.256. The summed E-state index contributed by atoms with van der Waals surface area (Å²) in [5.41, 5.74) is 1.40. The van der Waals surface area contributed by atoms with Gasteiger partial charge in [0.15, 0.2) is 0 Å². The van der Waals surface area contributed by atoms with Gasteiger partial charge in [-0.05, 0) is 44.2 Å². The highest BCUT2D eigenvalue weighted by atomic mass is 35.5. The van der Waals surface area contributed by atoms with Gasteiger partial charge in [0.2, 0.25) is 0 Å². The maximum absolute atomic E-state index is 6.74. The van der Waals surface area contributed by atoms with Crippen LogP contribution in [0, 0.1) is 19.8 Å². The van der Waals surface area contributed by atoms with Crippen molar-refractivity contribution in [2.24, 2.45) is 5.92 Å². The van der Waals surface area contributed by atoms with Crippen LogP contribution in [0.3, 0.4) is 0 Å². The van der Waals surface area contributed by atoms with Crippen molar-refractivity contribution in [3.8, 4) is 0 Å². The van der Waals surface area contributed by atoms with Crippen LogP contribution >= 0.6 is 22.9 Å². The van der Waals surface area contributed by atoms with E-state index in [4.69, 9.17) is 11.6 Å². The second kappa shape index (κ2) is 6.24. The molecule has 1 unspecified atom stereocenters. The van der Waals surface area contributed by atoms with Crippen LogP contribution in [0.25, 0.3) is 0 Å². The smallest absolute Gasteiger partial charge is 0.0709 e. The van der Waals surface area contributed by atoms with Crippen molar-refractivity contribution in [1.29, 1.82) is 0 Å². The fourth-order valence-corrected chi connectivity index (χ4v) is 4.59. The summed E-state index contributed by atoms with van der Waals surface area (Å²) in [7, 11) is 0. The molecule has 96 valence electrons. The van der Waals surface area contributed by atoms with Crippen molar-refractivity contribution in [2.45, 2.75) is 64.2 Å². The summed E-state index contributed by atoms with van der Waals surface area (Å²) >= 11 is 8.64. The monoisotopic (exact) mass is 270 g/mol. The van der Waals surface area contributed by atoms with Gasteiger partial charge in [-0.3, -0.25) is 0 Å². The lowest BCUT2D eigenvalue weighted by atomic mass is 9.87. The Morgan fingerprint density at radius 2 is 1.71 bits per heavy atom. The van der Waals surface area contributed by atoms with Crippen LogP contribution in [-0.4, -0.2) is 0 Å². The third kappa shape index (κ3) is 3.48. The van der Waals surface area contributed by atoms with Crippen LogP contribution in [0.1, 0.15) is 65.6 Å². The van der Waals surface area contributed by atoms with Gasteiger partial charge in [-0.15, -0.1) is 22.9 Å². The summed E-state index contributed by atoms with van der Waals surface area (Å²) in [5.74, 6) is 0.703. The first kappa shape index (κ1) is 13.4. The molecule has 0 aliphatic heterocycles. The van der Waals surface area contributed by atoms with Gasteiger partial charge in [0.05, 0.1) is 5.38 Å². The second-order valence-corrected chi connectivity index (χ2v) is 7.17. The predicted molar refractivity (Wildman–Crippen MR) is 78.2 cm³/mol. The molecule has 0 bridgehead atoms. The van der Waals surface area contributed by atoms with E-state index in [0.29, 0.717) is 5.92 Å². The Hall–Kier alpha value is -0.0100. The molecule has 2 heteroatoms. The summed E-state index contributed by atoms with van der Waals surface area (Å²) in [5, 5.41) is 0.256. The Morgan fingerprint density at radius 3 is 2.24 bits per heavy atom. The number of halogens is 1. The fourth-order valence-electron chi connectivity index (χ4n) is 2.93. The molecule has 0 radical (unpaired) electrons. The van der Waals surface area contributed by atoms with Gasteiger partial charge in [0.1, 0.15) is 0 Å². The number of thiophene rings is 1.